The number of ether oxygens (including phenoxy) is 9. The number of fused-ring (bicyclic) bond motifs is 4. The van der Waals surface area contributed by atoms with Gasteiger partial charge in [0.15, 0.2) is 22.9 Å². The van der Waals surface area contributed by atoms with Crippen molar-refractivity contribution in [2.75, 3.05) is 13.2 Å². The Morgan fingerprint density at radius 1 is 0.794 bits per heavy atom. The van der Waals surface area contributed by atoms with Gasteiger partial charge < -0.3 is 52.8 Å². The first-order valence-electron chi connectivity index (χ1n) is 20.4. The molecule has 3 fully saturated rings. The monoisotopic (exact) mass is 883 g/mol. The minimum Gasteiger partial charge on any atom is -0.465 e. The molecule has 1 spiro atoms. The first-order valence-corrected chi connectivity index (χ1v) is 20.4. The van der Waals surface area contributed by atoms with E-state index in [1.165, 1.54) is 39.1 Å². The Labute approximate surface area is 362 Å². The van der Waals surface area contributed by atoms with Crippen molar-refractivity contribution in [2.45, 2.75) is 134 Å². The summed E-state index contributed by atoms with van der Waals surface area (Å²) in [6.45, 7) is 8.26. The summed E-state index contributed by atoms with van der Waals surface area (Å²) in [6.07, 6.45) is -10.6. The first kappa shape index (κ1) is 47.0. The molecule has 3 heterocycles. The number of nitrogens with zero attached hydrogens (tertiary/aromatic N) is 1. The van der Waals surface area contributed by atoms with Crippen molar-refractivity contribution < 1.29 is 86.4 Å². The van der Waals surface area contributed by atoms with E-state index in [0.717, 1.165) is 41.5 Å². The highest BCUT2D eigenvalue weighted by Crippen LogP contribution is 2.70. The van der Waals surface area contributed by atoms with Crippen LogP contribution >= 0.6 is 0 Å². The molecular weight excluding hydrogens is 830 g/mol. The van der Waals surface area contributed by atoms with Gasteiger partial charge in [0.1, 0.15) is 54.7 Å². The summed E-state index contributed by atoms with van der Waals surface area (Å²) in [5.41, 5.74) is -12.0. The van der Waals surface area contributed by atoms with Gasteiger partial charge in [0.05, 0.1) is 23.8 Å². The van der Waals surface area contributed by atoms with Crippen LogP contribution in [0.1, 0.15) is 83.9 Å². The Bertz CT molecular complexity index is 2140. The van der Waals surface area contributed by atoms with E-state index in [9.17, 15) is 43.8 Å². The number of benzene rings is 1. The van der Waals surface area contributed by atoms with E-state index in [1.807, 2.05) is 0 Å². The molecule has 2 aliphatic carbocycles. The number of hydrogen-bond acceptors (Lipinski definition) is 19. The number of esters is 7. The summed E-state index contributed by atoms with van der Waals surface area (Å²) in [7, 11) is 0. The van der Waals surface area contributed by atoms with Gasteiger partial charge in [0.25, 0.3) is 0 Å². The second-order valence-corrected chi connectivity index (χ2v) is 17.2. The van der Waals surface area contributed by atoms with E-state index < -0.39 is 131 Å². The molecule has 1 saturated heterocycles. The Hall–Kier alpha value is -5.50. The lowest BCUT2D eigenvalue weighted by Crippen LogP contribution is -2.89. The van der Waals surface area contributed by atoms with Gasteiger partial charge in [-0.1, -0.05) is 37.3 Å². The van der Waals surface area contributed by atoms with Gasteiger partial charge in [-0.3, -0.25) is 29.0 Å². The number of aromatic nitrogens is 1. The maximum Gasteiger partial charge on any atom is 0.340 e. The van der Waals surface area contributed by atoms with Gasteiger partial charge in [-0.25, -0.2) is 9.59 Å². The van der Waals surface area contributed by atoms with Crippen molar-refractivity contribution in [1.82, 2.24) is 4.98 Å². The van der Waals surface area contributed by atoms with E-state index >= 15 is 0 Å². The van der Waals surface area contributed by atoms with Crippen molar-refractivity contribution in [3.8, 4) is 0 Å². The maximum atomic E-state index is 14.9. The molecule has 342 valence electrons. The number of aliphatic hydroxyl groups is 2. The van der Waals surface area contributed by atoms with Gasteiger partial charge in [-0.2, -0.15) is 0 Å². The second-order valence-electron chi connectivity index (χ2n) is 17.2. The molecule has 2 saturated carbocycles. The predicted molar refractivity (Wildman–Crippen MR) is 211 cm³/mol. The lowest BCUT2D eigenvalue weighted by atomic mass is 9.45. The lowest BCUT2D eigenvalue weighted by molar-refractivity contribution is -0.391. The van der Waals surface area contributed by atoms with Gasteiger partial charge in [-0.05, 0) is 44.9 Å². The fourth-order valence-electron chi connectivity index (χ4n) is 9.97. The Morgan fingerprint density at radius 2 is 1.38 bits per heavy atom. The van der Waals surface area contributed by atoms with E-state index in [2.05, 4.69) is 4.98 Å². The molecule has 4 unspecified atom stereocenters. The molecule has 0 amide bonds. The average Bonchev–Trinajstić information content (AvgIpc) is 3.41. The summed E-state index contributed by atoms with van der Waals surface area (Å²) in [4.78, 5) is 100. The fraction of sp³-hybridized carbons (Fsp3) is 0.591. The van der Waals surface area contributed by atoms with Crippen molar-refractivity contribution in [3.05, 3.63) is 65.5 Å². The first-order chi connectivity index (χ1) is 29.5. The molecule has 19 heteroatoms. The quantitative estimate of drug-likeness (QED) is 0.269. The molecule has 0 radical (unpaired) electrons. The van der Waals surface area contributed by atoms with Crippen LogP contribution in [-0.2, 0) is 84.4 Å². The summed E-state index contributed by atoms with van der Waals surface area (Å²) < 4.78 is 56.4. The average molecular weight is 884 g/mol. The van der Waals surface area contributed by atoms with Gasteiger partial charge >= 0.3 is 41.8 Å². The number of rotatable bonds is 9. The number of aliphatic hydroxyl groups excluding tert-OH is 1. The van der Waals surface area contributed by atoms with Gasteiger partial charge in [-0.15, -0.1) is 0 Å². The third-order valence-corrected chi connectivity index (χ3v) is 12.9. The highest BCUT2D eigenvalue weighted by molar-refractivity contribution is 5.90. The lowest BCUT2D eigenvalue weighted by Gasteiger charge is -2.68. The Morgan fingerprint density at radius 3 is 1.97 bits per heavy atom. The summed E-state index contributed by atoms with van der Waals surface area (Å²) >= 11 is 0. The minimum absolute atomic E-state index is 0.0466. The zero-order valence-corrected chi connectivity index (χ0v) is 36.4. The van der Waals surface area contributed by atoms with Crippen LogP contribution in [0.15, 0.2) is 48.7 Å². The molecule has 19 nitrogen and oxygen atoms in total. The molecule has 2 aromatic rings. The third kappa shape index (κ3) is 7.93. The highest BCUT2D eigenvalue weighted by Gasteiger charge is 2.92. The molecule has 63 heavy (non-hydrogen) atoms. The van der Waals surface area contributed by atoms with E-state index in [4.69, 9.17) is 42.6 Å². The largest absolute Gasteiger partial charge is 0.465 e. The number of cyclic esters (lactones) is 1. The van der Waals surface area contributed by atoms with E-state index in [-0.39, 0.29) is 24.3 Å². The summed E-state index contributed by atoms with van der Waals surface area (Å²) in [6, 6.07) is 11.4. The number of pyridine rings is 1. The molecule has 4 aliphatic rings. The molecule has 2 aliphatic heterocycles. The molecule has 6 rings (SSSR count). The standard InChI is InChI=1S/C44H53NO18/c1-22-18-30-29(16-13-17-45-30)38(52)57-20-40(7)31-32(58-24(3)47)36(60-26(5)49)43(21-56-23(2)46)37(61-27(6)50)33(55-19-28-14-11-10-12-15-28)34(51)42(9,62-39(53)41(22,8)54)44(43,63-40)35(31)59-25(4)48/h10-17,22,31-37,51,54H,18-21H2,1-9H3/t22?,31?,32-,33+,34+,35-,36-,37+,40+,41?,42+,43-,44?/m1/s1. The molecular formula is C44H53NO18. The number of carbonyl (C=O) groups is 7. The van der Waals surface area contributed by atoms with Crippen LogP contribution in [0, 0.1) is 17.3 Å². The van der Waals surface area contributed by atoms with Crippen LogP contribution < -0.4 is 0 Å². The minimum atomic E-state index is -2.76. The second kappa shape index (κ2) is 17.2. The maximum absolute atomic E-state index is 14.9. The zero-order valence-electron chi connectivity index (χ0n) is 36.4. The molecule has 1 aromatic carbocycles. The van der Waals surface area contributed by atoms with Crippen LogP contribution in [0.5, 0.6) is 0 Å². The molecule has 3 bridgehead atoms. The zero-order chi connectivity index (χ0) is 46.4. The predicted octanol–water partition coefficient (Wildman–Crippen LogP) is 1.88. The normalized spacial score (nSPS) is 37.1. The Balaban J connectivity index is 1.79. The van der Waals surface area contributed by atoms with Crippen molar-refractivity contribution >= 4 is 41.8 Å². The Kier molecular flexibility index (Phi) is 12.9. The van der Waals surface area contributed by atoms with Crippen LogP contribution in [0.3, 0.4) is 0 Å². The van der Waals surface area contributed by atoms with E-state index in [1.54, 1.807) is 30.3 Å². The molecule has 13 atom stereocenters. The summed E-state index contributed by atoms with van der Waals surface area (Å²) in [5.74, 6) is -9.94. The van der Waals surface area contributed by atoms with Gasteiger partial charge in [0.2, 0.25) is 0 Å². The van der Waals surface area contributed by atoms with Crippen molar-refractivity contribution in [2.24, 2.45) is 17.3 Å². The van der Waals surface area contributed by atoms with Gasteiger partial charge in [0, 0.05) is 46.7 Å². The highest BCUT2D eigenvalue weighted by atomic mass is 16.7. The van der Waals surface area contributed by atoms with Crippen molar-refractivity contribution in [3.63, 3.8) is 0 Å². The molecule has 1 aromatic heterocycles. The van der Waals surface area contributed by atoms with Crippen molar-refractivity contribution in [1.29, 1.82) is 0 Å². The van der Waals surface area contributed by atoms with Crippen LogP contribution in [0.2, 0.25) is 0 Å². The SMILES string of the molecule is CC(=O)OC[C@]12[C@H](OC(C)=O)[C@H](OC(C)=O)C3[C@@H](OC(C)=O)C14O[C@@]3(C)COC(=O)c1cccnc1CC(C)C(C)(O)C(=O)O[C@@]4(C)[C@@H](O)[C@H](OCc1ccccc1)[C@@H]2OC(C)=O. The number of carbonyl (C=O) groups excluding carboxylic acids is 7. The number of hydrogen-bond donors (Lipinski definition) is 2. The third-order valence-electron chi connectivity index (χ3n) is 12.9. The van der Waals surface area contributed by atoms with E-state index in [0.29, 0.717) is 5.56 Å². The van der Waals surface area contributed by atoms with Crippen LogP contribution in [0.4, 0.5) is 0 Å². The smallest absolute Gasteiger partial charge is 0.340 e. The molecule has 2 N–H and O–H groups in total. The summed E-state index contributed by atoms with van der Waals surface area (Å²) in [5, 5.41) is 25.3. The van der Waals surface area contributed by atoms with Crippen LogP contribution in [0.25, 0.3) is 0 Å². The fourth-order valence-corrected chi connectivity index (χ4v) is 9.97. The van der Waals surface area contributed by atoms with Crippen LogP contribution in [-0.4, -0.2) is 129 Å². The topological polar surface area (TPSA) is 256 Å².